The molecule has 0 radical (unpaired) electrons. The molecule has 0 atom stereocenters. The first-order valence-corrected chi connectivity index (χ1v) is 12.3. The van der Waals surface area contributed by atoms with Crippen LogP contribution in [0.4, 0.5) is 0 Å². The Balaban J connectivity index is 1.43. The molecule has 0 aliphatic rings. The Morgan fingerprint density at radius 3 is 2.97 bits per heavy atom. The molecule has 0 saturated carbocycles. The average Bonchev–Trinajstić information content (AvgIpc) is 3.12. The highest BCUT2D eigenvalue weighted by molar-refractivity contribution is 7.99. The third kappa shape index (κ3) is 6.12. The molecule has 8 heteroatoms. The SMILES string of the molecule is Cc1sc2ccc(Cl)cc2c1-c1ccnc(SCC#Cc2cccc(COCC(N)=O)c2)n1. The third-order valence-electron chi connectivity index (χ3n) is 4.66. The fraction of sp³-hybridized carbons (Fsp3) is 0.160. The first-order valence-electron chi connectivity index (χ1n) is 10.1. The molecule has 0 aliphatic carbocycles. The fourth-order valence-electron chi connectivity index (χ4n) is 3.31. The second-order valence-electron chi connectivity index (χ2n) is 7.15. The number of thioether (sulfide) groups is 1. The fourth-order valence-corrected chi connectivity index (χ4v) is 5.10. The largest absolute Gasteiger partial charge is 0.368 e. The summed E-state index contributed by atoms with van der Waals surface area (Å²) in [5.41, 5.74) is 8.88. The minimum Gasteiger partial charge on any atom is -0.368 e. The smallest absolute Gasteiger partial charge is 0.243 e. The van der Waals surface area contributed by atoms with Crippen molar-refractivity contribution in [2.45, 2.75) is 18.7 Å². The number of aryl methyl sites for hydroxylation is 1. The minimum atomic E-state index is -0.486. The van der Waals surface area contributed by atoms with Crippen LogP contribution in [-0.4, -0.2) is 28.2 Å². The maximum atomic E-state index is 10.8. The summed E-state index contributed by atoms with van der Waals surface area (Å²) < 4.78 is 6.44. The lowest BCUT2D eigenvalue weighted by Crippen LogP contribution is -2.17. The molecule has 0 unspecified atom stereocenters. The summed E-state index contributed by atoms with van der Waals surface area (Å²) in [4.78, 5) is 21.1. The molecular weight excluding hydrogens is 474 g/mol. The van der Waals surface area contributed by atoms with Crippen molar-refractivity contribution in [2.75, 3.05) is 12.4 Å². The normalized spacial score (nSPS) is 10.7. The number of ether oxygens (including phenoxy) is 1. The van der Waals surface area contributed by atoms with Crippen molar-refractivity contribution >= 4 is 50.7 Å². The standard InChI is InChI=1S/C25H20ClN3O2S2/c1-16-24(20-13-19(26)7-8-22(20)33-16)21-9-10-28-25(29-21)32-11-3-6-17-4-2-5-18(12-17)14-31-15-23(27)30/h2,4-5,7-10,12-13H,11,14-15H2,1H3,(H2,27,30). The van der Waals surface area contributed by atoms with Gasteiger partial charge >= 0.3 is 0 Å². The Kier molecular flexibility index (Phi) is 7.63. The number of carbonyl (C=O) groups excluding carboxylic acids is 1. The number of thiophene rings is 1. The summed E-state index contributed by atoms with van der Waals surface area (Å²) in [6.45, 7) is 2.32. The molecule has 33 heavy (non-hydrogen) atoms. The predicted octanol–water partition coefficient (Wildman–Crippen LogP) is 5.47. The zero-order valence-electron chi connectivity index (χ0n) is 17.8. The quantitative estimate of drug-likeness (QED) is 0.210. The molecule has 166 valence electrons. The Morgan fingerprint density at radius 2 is 2.12 bits per heavy atom. The van der Waals surface area contributed by atoms with Gasteiger partial charge in [0.15, 0.2) is 5.16 Å². The van der Waals surface area contributed by atoms with Crippen molar-refractivity contribution in [3.8, 4) is 23.1 Å². The highest BCUT2D eigenvalue weighted by atomic mass is 35.5. The van der Waals surface area contributed by atoms with Crippen LogP contribution in [0.2, 0.25) is 5.02 Å². The van der Waals surface area contributed by atoms with Crippen LogP contribution in [0.5, 0.6) is 0 Å². The van der Waals surface area contributed by atoms with E-state index in [1.165, 1.54) is 21.3 Å². The van der Waals surface area contributed by atoms with E-state index in [1.54, 1.807) is 17.5 Å². The van der Waals surface area contributed by atoms with E-state index >= 15 is 0 Å². The number of halogens is 1. The molecule has 2 N–H and O–H groups in total. The van der Waals surface area contributed by atoms with E-state index < -0.39 is 5.91 Å². The summed E-state index contributed by atoms with van der Waals surface area (Å²) in [7, 11) is 0. The van der Waals surface area contributed by atoms with Gasteiger partial charge in [-0.05, 0) is 48.9 Å². The number of carbonyl (C=O) groups is 1. The number of aromatic nitrogens is 2. The summed E-state index contributed by atoms with van der Waals surface area (Å²) in [6.07, 6.45) is 1.78. The van der Waals surface area contributed by atoms with Crippen molar-refractivity contribution in [3.63, 3.8) is 0 Å². The highest BCUT2D eigenvalue weighted by Gasteiger charge is 2.13. The molecular formula is C25H20ClN3O2S2. The Morgan fingerprint density at radius 1 is 1.24 bits per heavy atom. The van der Waals surface area contributed by atoms with Crippen molar-refractivity contribution in [1.29, 1.82) is 0 Å². The molecule has 4 aromatic rings. The zero-order chi connectivity index (χ0) is 23.2. The minimum absolute atomic E-state index is 0.0979. The van der Waals surface area contributed by atoms with Crippen LogP contribution in [-0.2, 0) is 16.1 Å². The highest BCUT2D eigenvalue weighted by Crippen LogP contribution is 2.38. The van der Waals surface area contributed by atoms with E-state index in [4.69, 9.17) is 27.1 Å². The van der Waals surface area contributed by atoms with Gasteiger partial charge in [-0.25, -0.2) is 9.97 Å². The number of rotatable bonds is 7. The first-order chi connectivity index (χ1) is 16.0. The predicted molar refractivity (Wildman–Crippen MR) is 135 cm³/mol. The van der Waals surface area contributed by atoms with E-state index in [-0.39, 0.29) is 6.61 Å². The molecule has 2 aromatic heterocycles. The molecule has 0 bridgehead atoms. The Hall–Kier alpha value is -2.89. The maximum Gasteiger partial charge on any atom is 0.243 e. The van der Waals surface area contributed by atoms with Gasteiger partial charge in [-0.2, -0.15) is 0 Å². The molecule has 0 aliphatic heterocycles. The lowest BCUT2D eigenvalue weighted by Gasteiger charge is -2.04. The average molecular weight is 494 g/mol. The van der Waals surface area contributed by atoms with E-state index in [0.29, 0.717) is 22.5 Å². The monoisotopic (exact) mass is 493 g/mol. The van der Waals surface area contributed by atoms with Crippen LogP contribution >= 0.6 is 34.7 Å². The van der Waals surface area contributed by atoms with Crippen LogP contribution < -0.4 is 5.73 Å². The molecule has 5 nitrogen and oxygen atoms in total. The Labute approximate surface area is 205 Å². The van der Waals surface area contributed by atoms with Crippen LogP contribution in [0.3, 0.4) is 0 Å². The van der Waals surface area contributed by atoms with Gasteiger partial charge < -0.3 is 10.5 Å². The number of primary amides is 1. The van der Waals surface area contributed by atoms with Gasteiger partial charge in [-0.15, -0.1) is 11.3 Å². The van der Waals surface area contributed by atoms with Crippen molar-refractivity contribution in [3.05, 3.63) is 75.8 Å². The molecule has 0 fully saturated rings. The van der Waals surface area contributed by atoms with Gasteiger partial charge in [0, 0.05) is 37.3 Å². The van der Waals surface area contributed by atoms with Crippen LogP contribution in [0.25, 0.3) is 21.3 Å². The van der Waals surface area contributed by atoms with E-state index in [2.05, 4.69) is 23.7 Å². The number of fused-ring (bicyclic) bond motifs is 1. The number of hydrogen-bond donors (Lipinski definition) is 1. The summed E-state index contributed by atoms with van der Waals surface area (Å²) in [6, 6.07) is 15.6. The van der Waals surface area contributed by atoms with E-state index in [0.717, 1.165) is 27.8 Å². The summed E-state index contributed by atoms with van der Waals surface area (Å²) in [5.74, 6) is 6.38. The lowest BCUT2D eigenvalue weighted by molar-refractivity contribution is -0.122. The first kappa shape index (κ1) is 23.3. The maximum absolute atomic E-state index is 10.8. The van der Waals surface area contributed by atoms with Gasteiger partial charge in [0.25, 0.3) is 0 Å². The molecule has 1 amide bonds. The van der Waals surface area contributed by atoms with Crippen LogP contribution in [0.1, 0.15) is 16.0 Å². The van der Waals surface area contributed by atoms with Crippen molar-refractivity contribution in [1.82, 2.24) is 9.97 Å². The molecule has 0 spiro atoms. The van der Waals surface area contributed by atoms with Gasteiger partial charge in [0.1, 0.15) is 6.61 Å². The second kappa shape index (κ2) is 10.8. The zero-order valence-corrected chi connectivity index (χ0v) is 20.2. The van der Waals surface area contributed by atoms with Crippen molar-refractivity contribution < 1.29 is 9.53 Å². The van der Waals surface area contributed by atoms with Crippen molar-refractivity contribution in [2.24, 2.45) is 5.73 Å². The van der Waals surface area contributed by atoms with E-state index in [1.807, 2.05) is 48.5 Å². The topological polar surface area (TPSA) is 78.1 Å². The van der Waals surface area contributed by atoms with E-state index in [9.17, 15) is 4.79 Å². The van der Waals surface area contributed by atoms with Gasteiger partial charge in [-0.3, -0.25) is 4.79 Å². The number of nitrogens with zero attached hydrogens (tertiary/aromatic N) is 2. The van der Waals surface area contributed by atoms with Gasteiger partial charge in [0.2, 0.25) is 5.91 Å². The number of hydrogen-bond acceptors (Lipinski definition) is 6. The summed E-state index contributed by atoms with van der Waals surface area (Å²) in [5, 5.41) is 2.50. The number of benzene rings is 2. The lowest BCUT2D eigenvalue weighted by atomic mass is 10.1. The number of nitrogens with two attached hydrogens (primary N) is 1. The molecule has 2 aromatic carbocycles. The van der Waals surface area contributed by atoms with Crippen LogP contribution in [0, 0.1) is 18.8 Å². The van der Waals surface area contributed by atoms with Gasteiger partial charge in [0.05, 0.1) is 18.1 Å². The van der Waals surface area contributed by atoms with Gasteiger partial charge in [-0.1, -0.05) is 47.3 Å². The third-order valence-corrected chi connectivity index (χ3v) is 6.73. The molecule has 0 saturated heterocycles. The second-order valence-corrected chi connectivity index (χ2v) is 9.78. The molecule has 2 heterocycles. The van der Waals surface area contributed by atoms with Crippen LogP contribution in [0.15, 0.2) is 59.9 Å². The molecule has 4 rings (SSSR count). The summed E-state index contributed by atoms with van der Waals surface area (Å²) >= 11 is 9.45. The number of amides is 1. The Bertz CT molecular complexity index is 1380.